The number of methoxy groups -OCH3 is 1. The fraction of sp³-hybridized carbons (Fsp3) is 0.231. The van der Waals surface area contributed by atoms with Crippen molar-refractivity contribution in [1.29, 1.82) is 0 Å². The maximum Gasteiger partial charge on any atom is 0.304 e. The molecule has 0 atom stereocenters. The van der Waals surface area contributed by atoms with Gasteiger partial charge >= 0.3 is 11.7 Å². The van der Waals surface area contributed by atoms with Crippen LogP contribution in [-0.2, 0) is 20.9 Å². The monoisotopic (exact) mass is 628 g/mol. The Bertz CT molecular complexity index is 1500. The Morgan fingerprint density at radius 2 is 1.73 bits per heavy atom. The van der Waals surface area contributed by atoms with Crippen LogP contribution in [0.2, 0.25) is 0 Å². The van der Waals surface area contributed by atoms with Crippen molar-refractivity contribution in [1.82, 2.24) is 0 Å². The molecule has 0 unspecified atom stereocenters. The first kappa shape index (κ1) is 30.6. The van der Waals surface area contributed by atoms with Gasteiger partial charge in [0.15, 0.2) is 5.69 Å². The van der Waals surface area contributed by atoms with Gasteiger partial charge in [-0.2, -0.15) is 0 Å². The third-order valence-electron chi connectivity index (χ3n) is 5.52. The van der Waals surface area contributed by atoms with E-state index in [2.05, 4.69) is 31.5 Å². The second-order valence-electron chi connectivity index (χ2n) is 8.48. The van der Waals surface area contributed by atoms with Crippen LogP contribution in [0.15, 0.2) is 69.3 Å². The van der Waals surface area contributed by atoms with Crippen LogP contribution in [0.1, 0.15) is 19.4 Å². The summed E-state index contributed by atoms with van der Waals surface area (Å²) < 4.78 is 10.7. The lowest BCUT2D eigenvalue weighted by molar-refractivity contribution is -0.393. The highest BCUT2D eigenvalue weighted by Gasteiger charge is 2.24. The first-order chi connectivity index (χ1) is 19.5. The summed E-state index contributed by atoms with van der Waals surface area (Å²) in [6.45, 7) is 3.38. The van der Waals surface area contributed by atoms with Gasteiger partial charge in [-0.25, -0.2) is 0 Å². The van der Waals surface area contributed by atoms with E-state index in [-0.39, 0.29) is 34.7 Å². The quantitative estimate of drug-likeness (QED) is 0.105. The summed E-state index contributed by atoms with van der Waals surface area (Å²) in [5.41, 5.74) is 0.401. The minimum absolute atomic E-state index is 0.0219. The summed E-state index contributed by atoms with van der Waals surface area (Å²) in [4.78, 5) is 46.5. The Morgan fingerprint density at radius 1 is 1.02 bits per heavy atom. The second kappa shape index (κ2) is 13.9. The normalized spacial score (nSPS) is 10.7. The number of nitro groups is 2. The van der Waals surface area contributed by atoms with Gasteiger partial charge in [-0.1, -0.05) is 30.3 Å². The van der Waals surface area contributed by atoms with Crippen LogP contribution in [0.3, 0.4) is 0 Å². The molecule has 14 nitrogen and oxygen atoms in total. The number of nitrogens with one attached hydrogen (secondary N) is 1. The van der Waals surface area contributed by atoms with E-state index in [1.165, 1.54) is 27.0 Å². The number of carbonyl (C=O) groups excluding carboxylic acids is 2. The molecule has 0 fully saturated rings. The number of carbonyl (C=O) groups is 2. The van der Waals surface area contributed by atoms with E-state index in [1.54, 1.807) is 6.07 Å². The second-order valence-corrected chi connectivity index (χ2v) is 9.33. The number of non-ortho nitro benzene ring substituents is 1. The number of hydrogen-bond acceptors (Lipinski definition) is 11. The first-order valence-electron chi connectivity index (χ1n) is 12.0. The molecule has 0 aromatic heterocycles. The Hall–Kier alpha value is -4.92. The standard InChI is InChI=1S/C26H25BrN6O8/c1-16(34)28-21-13-23(31(9-10-41-17(2)35)15-18-7-5-4-6-8-18)25(40-3)14-22(21)29-30-26-20(27)11-19(32(36)37)12-24(26)33(38)39/h4-8,11-14H,9-10,15H2,1-3H3,(H,28,34). The van der Waals surface area contributed by atoms with Gasteiger partial charge in [0.2, 0.25) is 5.91 Å². The van der Waals surface area contributed by atoms with E-state index in [0.29, 0.717) is 18.0 Å². The minimum Gasteiger partial charge on any atom is -0.494 e. The summed E-state index contributed by atoms with van der Waals surface area (Å²) in [5.74, 6) is -0.531. The van der Waals surface area contributed by atoms with Crippen molar-refractivity contribution in [2.24, 2.45) is 10.2 Å². The molecule has 0 aliphatic rings. The summed E-state index contributed by atoms with van der Waals surface area (Å²) >= 11 is 3.09. The average Bonchev–Trinajstić information content (AvgIpc) is 2.91. The number of benzene rings is 3. The van der Waals surface area contributed by atoms with Gasteiger partial charge in [-0.3, -0.25) is 29.8 Å². The zero-order valence-corrected chi connectivity index (χ0v) is 23.8. The molecule has 0 saturated carbocycles. The van der Waals surface area contributed by atoms with Crippen molar-refractivity contribution in [2.45, 2.75) is 20.4 Å². The molecule has 0 bridgehead atoms. The van der Waals surface area contributed by atoms with Gasteiger partial charge < -0.3 is 19.7 Å². The third kappa shape index (κ3) is 8.28. The minimum atomic E-state index is -0.810. The van der Waals surface area contributed by atoms with Gasteiger partial charge in [0, 0.05) is 32.5 Å². The van der Waals surface area contributed by atoms with E-state index < -0.39 is 33.1 Å². The van der Waals surface area contributed by atoms with Gasteiger partial charge in [-0.15, -0.1) is 10.2 Å². The van der Waals surface area contributed by atoms with Gasteiger partial charge in [0.25, 0.3) is 5.69 Å². The fourth-order valence-corrected chi connectivity index (χ4v) is 4.26. The molecule has 0 saturated heterocycles. The number of amides is 1. The highest BCUT2D eigenvalue weighted by molar-refractivity contribution is 9.10. The molecule has 1 N–H and O–H groups in total. The largest absolute Gasteiger partial charge is 0.494 e. The molecule has 0 heterocycles. The highest BCUT2D eigenvalue weighted by atomic mass is 79.9. The molecule has 1 amide bonds. The molecule has 0 spiro atoms. The van der Waals surface area contributed by atoms with Crippen molar-refractivity contribution in [3.63, 3.8) is 0 Å². The molecular weight excluding hydrogens is 604 g/mol. The lowest BCUT2D eigenvalue weighted by Crippen LogP contribution is -2.28. The van der Waals surface area contributed by atoms with Crippen LogP contribution in [-0.4, -0.2) is 42.0 Å². The lowest BCUT2D eigenvalue weighted by Gasteiger charge is -2.27. The fourth-order valence-electron chi connectivity index (χ4n) is 3.75. The summed E-state index contributed by atoms with van der Waals surface area (Å²) in [5, 5.41) is 33.6. The number of azo groups is 1. The van der Waals surface area contributed by atoms with Crippen molar-refractivity contribution in [3.8, 4) is 5.75 Å². The molecule has 41 heavy (non-hydrogen) atoms. The summed E-state index contributed by atoms with van der Waals surface area (Å²) in [7, 11) is 1.43. The smallest absolute Gasteiger partial charge is 0.304 e. The van der Waals surface area contributed by atoms with Gasteiger partial charge in [0.05, 0.1) is 45.4 Å². The van der Waals surface area contributed by atoms with Crippen molar-refractivity contribution in [3.05, 3.63) is 84.9 Å². The number of esters is 1. The van der Waals surface area contributed by atoms with Crippen molar-refractivity contribution in [2.75, 3.05) is 30.5 Å². The Morgan fingerprint density at radius 3 is 2.32 bits per heavy atom. The van der Waals surface area contributed by atoms with Crippen LogP contribution in [0.25, 0.3) is 0 Å². The van der Waals surface area contributed by atoms with E-state index in [4.69, 9.17) is 9.47 Å². The molecule has 3 aromatic rings. The third-order valence-corrected chi connectivity index (χ3v) is 6.13. The van der Waals surface area contributed by atoms with Crippen LogP contribution in [0, 0.1) is 20.2 Å². The number of ether oxygens (including phenoxy) is 2. The molecule has 0 radical (unpaired) electrons. The number of halogens is 1. The van der Waals surface area contributed by atoms with Crippen LogP contribution in [0.4, 0.5) is 34.1 Å². The molecule has 0 aliphatic carbocycles. The predicted octanol–water partition coefficient (Wildman–Crippen LogP) is 6.22. The molecule has 3 rings (SSSR count). The van der Waals surface area contributed by atoms with Gasteiger partial charge in [-0.05, 0) is 27.6 Å². The number of nitro benzene ring substituents is 2. The predicted molar refractivity (Wildman–Crippen MR) is 153 cm³/mol. The van der Waals surface area contributed by atoms with Crippen LogP contribution < -0.4 is 15.0 Å². The Balaban J connectivity index is 2.12. The number of hydrogen-bond donors (Lipinski definition) is 1. The average molecular weight is 629 g/mol. The zero-order valence-electron chi connectivity index (χ0n) is 22.2. The SMILES string of the molecule is COc1cc(N=Nc2c(Br)cc([N+](=O)[O-])cc2[N+](=O)[O-])c(NC(C)=O)cc1N(CCOC(C)=O)Cc1ccccc1. The molecule has 214 valence electrons. The van der Waals surface area contributed by atoms with Crippen LogP contribution >= 0.6 is 15.9 Å². The number of nitrogens with zero attached hydrogens (tertiary/aromatic N) is 5. The zero-order chi connectivity index (χ0) is 30.1. The Kier molecular flexibility index (Phi) is 10.4. The van der Waals surface area contributed by atoms with E-state index in [9.17, 15) is 29.8 Å². The van der Waals surface area contributed by atoms with Crippen LogP contribution in [0.5, 0.6) is 5.75 Å². The molecule has 0 aliphatic heterocycles. The first-order valence-corrected chi connectivity index (χ1v) is 12.7. The summed E-state index contributed by atoms with van der Waals surface area (Å²) in [6, 6.07) is 14.5. The highest BCUT2D eigenvalue weighted by Crippen LogP contribution is 2.43. The van der Waals surface area contributed by atoms with Gasteiger partial charge in [0.1, 0.15) is 18.0 Å². The summed E-state index contributed by atoms with van der Waals surface area (Å²) in [6.07, 6.45) is 0. The number of rotatable bonds is 12. The van der Waals surface area contributed by atoms with E-state index in [1.807, 2.05) is 35.2 Å². The topological polar surface area (TPSA) is 179 Å². The maximum absolute atomic E-state index is 12.1. The Labute approximate surface area is 242 Å². The van der Waals surface area contributed by atoms with E-state index >= 15 is 0 Å². The van der Waals surface area contributed by atoms with Crippen molar-refractivity contribution < 1.29 is 28.9 Å². The molecule has 15 heteroatoms. The van der Waals surface area contributed by atoms with Crippen molar-refractivity contribution >= 4 is 61.9 Å². The maximum atomic E-state index is 12.1. The lowest BCUT2D eigenvalue weighted by atomic mass is 10.1. The molecule has 3 aromatic carbocycles. The van der Waals surface area contributed by atoms with E-state index in [0.717, 1.165) is 17.7 Å². The number of anilines is 2. The molecular formula is C26H25BrN6O8.